The molecule has 0 bridgehead atoms. The van der Waals surface area contributed by atoms with Gasteiger partial charge in [-0.25, -0.2) is 9.10 Å². The van der Waals surface area contributed by atoms with Gasteiger partial charge in [0.25, 0.3) is 0 Å². The van der Waals surface area contributed by atoms with Crippen molar-refractivity contribution in [1.82, 2.24) is 4.31 Å². The fourth-order valence-electron chi connectivity index (χ4n) is 2.08. The Bertz CT molecular complexity index is 654. The third-order valence-corrected chi connectivity index (χ3v) is 9.09. The fraction of sp³-hybridized carbons (Fsp3) is 0.556. The SMILES string of the molecule is CN(SSc1ccc(C(C)(C)C)cc1)C(=O)ON=C1SCCSC1(C)C. The van der Waals surface area contributed by atoms with Crippen molar-refractivity contribution in [2.75, 3.05) is 18.6 Å². The molecular formula is C18H26N2O2S4. The Labute approximate surface area is 173 Å². The number of hydrogen-bond acceptors (Lipinski definition) is 7. The Morgan fingerprint density at radius 1 is 1.23 bits per heavy atom. The predicted molar refractivity (Wildman–Crippen MR) is 119 cm³/mol. The number of benzene rings is 1. The molecule has 1 aromatic carbocycles. The van der Waals surface area contributed by atoms with Crippen molar-refractivity contribution in [3.05, 3.63) is 29.8 Å². The first-order valence-corrected chi connectivity index (χ1v) is 12.4. The van der Waals surface area contributed by atoms with Gasteiger partial charge in [-0.15, -0.1) is 23.5 Å². The highest BCUT2D eigenvalue weighted by atomic mass is 33.1. The van der Waals surface area contributed by atoms with E-state index in [-0.39, 0.29) is 10.2 Å². The molecule has 1 saturated heterocycles. The summed E-state index contributed by atoms with van der Waals surface area (Å²) >= 11 is 3.49. The molecule has 1 fully saturated rings. The van der Waals surface area contributed by atoms with E-state index in [1.54, 1.807) is 18.8 Å². The number of nitrogens with zero attached hydrogens (tertiary/aromatic N) is 2. The summed E-state index contributed by atoms with van der Waals surface area (Å²) in [4.78, 5) is 18.4. The van der Waals surface area contributed by atoms with Gasteiger partial charge in [0, 0.05) is 34.4 Å². The summed E-state index contributed by atoms with van der Waals surface area (Å²) in [5.41, 5.74) is 1.43. The van der Waals surface area contributed by atoms with Crippen LogP contribution in [0.25, 0.3) is 0 Å². The maximum atomic E-state index is 12.1. The van der Waals surface area contributed by atoms with Gasteiger partial charge in [-0.05, 0) is 47.8 Å². The zero-order valence-electron chi connectivity index (χ0n) is 16.1. The normalized spacial score (nSPS) is 18.6. The molecule has 0 saturated carbocycles. The van der Waals surface area contributed by atoms with Crippen LogP contribution in [0.2, 0.25) is 0 Å². The van der Waals surface area contributed by atoms with Crippen LogP contribution in [0.1, 0.15) is 40.2 Å². The zero-order chi connectivity index (χ0) is 19.4. The Kier molecular flexibility index (Phi) is 7.71. The van der Waals surface area contributed by atoms with E-state index in [1.165, 1.54) is 31.6 Å². The zero-order valence-corrected chi connectivity index (χ0v) is 19.3. The van der Waals surface area contributed by atoms with Crippen molar-refractivity contribution < 1.29 is 9.63 Å². The van der Waals surface area contributed by atoms with Gasteiger partial charge in [0.15, 0.2) is 0 Å². The smallest absolute Gasteiger partial charge is 0.296 e. The molecule has 26 heavy (non-hydrogen) atoms. The minimum atomic E-state index is -0.465. The number of hydrogen-bond donors (Lipinski definition) is 0. The van der Waals surface area contributed by atoms with Gasteiger partial charge in [-0.2, -0.15) is 0 Å². The molecule has 2 rings (SSSR count). The van der Waals surface area contributed by atoms with E-state index >= 15 is 0 Å². The first-order valence-electron chi connectivity index (χ1n) is 8.35. The molecule has 8 heteroatoms. The molecular weight excluding hydrogens is 404 g/mol. The number of amides is 1. The van der Waals surface area contributed by atoms with E-state index in [1.807, 2.05) is 11.8 Å². The van der Waals surface area contributed by atoms with Crippen LogP contribution in [-0.4, -0.2) is 38.7 Å². The average molecular weight is 431 g/mol. The molecule has 0 spiro atoms. The number of carbonyl (C=O) groups excluding carboxylic acids is 1. The van der Waals surface area contributed by atoms with Crippen molar-refractivity contribution >= 4 is 56.4 Å². The minimum absolute atomic E-state index is 0.0987. The summed E-state index contributed by atoms with van der Waals surface area (Å²) in [6.07, 6.45) is -0.465. The molecule has 0 radical (unpaired) electrons. The van der Waals surface area contributed by atoms with Gasteiger partial charge in [0.1, 0.15) is 5.04 Å². The van der Waals surface area contributed by atoms with E-state index < -0.39 is 6.09 Å². The summed E-state index contributed by atoms with van der Waals surface area (Å²) in [5, 5.41) is 4.96. The molecule has 0 aliphatic carbocycles. The lowest BCUT2D eigenvalue weighted by atomic mass is 9.87. The van der Waals surface area contributed by atoms with E-state index in [4.69, 9.17) is 4.84 Å². The average Bonchev–Trinajstić information content (AvgIpc) is 2.57. The van der Waals surface area contributed by atoms with Crippen LogP contribution < -0.4 is 0 Å². The van der Waals surface area contributed by atoms with Crippen molar-refractivity contribution in [3.63, 3.8) is 0 Å². The summed E-state index contributed by atoms with van der Waals surface area (Å²) in [5.74, 6) is 2.08. The minimum Gasteiger partial charge on any atom is -0.296 e. The van der Waals surface area contributed by atoms with E-state index in [2.05, 4.69) is 64.0 Å². The first-order chi connectivity index (χ1) is 12.1. The molecule has 4 nitrogen and oxygen atoms in total. The van der Waals surface area contributed by atoms with Gasteiger partial charge < -0.3 is 0 Å². The van der Waals surface area contributed by atoms with E-state index in [0.29, 0.717) is 0 Å². The van der Waals surface area contributed by atoms with Crippen molar-refractivity contribution in [2.45, 2.75) is 49.7 Å². The second-order valence-corrected chi connectivity index (χ2v) is 12.5. The van der Waals surface area contributed by atoms with Gasteiger partial charge in [0.2, 0.25) is 0 Å². The lowest BCUT2D eigenvalue weighted by Gasteiger charge is -2.29. The lowest BCUT2D eigenvalue weighted by molar-refractivity contribution is 0.137. The van der Waals surface area contributed by atoms with Crippen LogP contribution in [0, 0.1) is 0 Å². The molecule has 0 N–H and O–H groups in total. The molecule has 1 aliphatic rings. The van der Waals surface area contributed by atoms with Crippen molar-refractivity contribution in [2.24, 2.45) is 5.16 Å². The summed E-state index contributed by atoms with van der Waals surface area (Å²) in [6, 6.07) is 8.42. The highest BCUT2D eigenvalue weighted by Crippen LogP contribution is 2.37. The monoisotopic (exact) mass is 430 g/mol. The largest absolute Gasteiger partial charge is 0.446 e. The third-order valence-electron chi connectivity index (χ3n) is 3.73. The van der Waals surface area contributed by atoms with Crippen LogP contribution in [0.4, 0.5) is 4.79 Å². The molecule has 144 valence electrons. The first kappa shape index (κ1) is 21.9. The van der Waals surface area contributed by atoms with E-state index in [0.717, 1.165) is 21.4 Å². The maximum absolute atomic E-state index is 12.1. The number of thioether (sulfide) groups is 2. The van der Waals surface area contributed by atoms with Crippen LogP contribution in [0.3, 0.4) is 0 Å². The second-order valence-electron chi connectivity index (χ2n) is 7.39. The Hall–Kier alpha value is -0.440. The Morgan fingerprint density at radius 3 is 2.46 bits per heavy atom. The Morgan fingerprint density at radius 2 is 1.88 bits per heavy atom. The quantitative estimate of drug-likeness (QED) is 0.242. The number of rotatable bonds is 4. The van der Waals surface area contributed by atoms with Gasteiger partial charge >= 0.3 is 6.09 Å². The van der Waals surface area contributed by atoms with Crippen LogP contribution in [-0.2, 0) is 10.3 Å². The molecule has 1 heterocycles. The van der Waals surface area contributed by atoms with Crippen LogP contribution in [0.15, 0.2) is 34.3 Å². The summed E-state index contributed by atoms with van der Waals surface area (Å²) < 4.78 is 1.36. The topological polar surface area (TPSA) is 41.9 Å². The van der Waals surface area contributed by atoms with Crippen molar-refractivity contribution in [3.8, 4) is 0 Å². The molecule has 0 atom stereocenters. The van der Waals surface area contributed by atoms with Crippen molar-refractivity contribution in [1.29, 1.82) is 0 Å². The number of carbonyl (C=O) groups is 1. The predicted octanol–water partition coefficient (Wildman–Crippen LogP) is 6.28. The molecule has 1 aromatic rings. The maximum Gasteiger partial charge on any atom is 0.446 e. The second kappa shape index (κ2) is 9.17. The highest BCUT2D eigenvalue weighted by molar-refractivity contribution is 8.75. The standard InChI is InChI=1S/C18H26N2O2S4/c1-17(2,3)13-7-9-14(10-8-13)25-26-20(6)16(21)22-19-15-18(4,5)24-12-11-23-15/h7-10H,11-12H2,1-6H3. The van der Waals surface area contributed by atoms with Gasteiger partial charge in [0.05, 0.1) is 4.75 Å². The molecule has 0 aromatic heterocycles. The molecule has 1 amide bonds. The Balaban J connectivity index is 1.85. The van der Waals surface area contributed by atoms with Gasteiger partial charge in [-0.1, -0.05) is 38.1 Å². The molecule has 1 aliphatic heterocycles. The van der Waals surface area contributed by atoms with Gasteiger partial charge in [-0.3, -0.25) is 4.84 Å². The number of oxime groups is 1. The van der Waals surface area contributed by atoms with Crippen LogP contribution in [0.5, 0.6) is 0 Å². The highest BCUT2D eigenvalue weighted by Gasteiger charge is 2.31. The summed E-state index contributed by atoms with van der Waals surface area (Å²) in [6.45, 7) is 10.8. The van der Waals surface area contributed by atoms with E-state index in [9.17, 15) is 4.79 Å². The molecule has 0 unspecified atom stereocenters. The van der Waals surface area contributed by atoms with Crippen LogP contribution >= 0.6 is 45.3 Å². The third kappa shape index (κ3) is 6.32. The fourth-order valence-corrected chi connectivity index (χ4v) is 6.06. The summed E-state index contributed by atoms with van der Waals surface area (Å²) in [7, 11) is 4.55. The lowest BCUT2D eigenvalue weighted by Crippen LogP contribution is -2.31.